The molecule has 0 amide bonds. The van der Waals surface area contributed by atoms with Gasteiger partial charge in [-0.25, -0.2) is 4.98 Å². The number of nitrogens with zero attached hydrogens (tertiary/aromatic N) is 2. The van der Waals surface area contributed by atoms with E-state index < -0.39 is 0 Å². The highest BCUT2D eigenvalue weighted by Gasteiger charge is 2.01. The van der Waals surface area contributed by atoms with Gasteiger partial charge >= 0.3 is 0 Å². The number of rotatable bonds is 2. The Labute approximate surface area is 68.6 Å². The van der Waals surface area contributed by atoms with Crippen molar-refractivity contribution in [3.8, 4) is 0 Å². The van der Waals surface area contributed by atoms with E-state index in [-0.39, 0.29) is 0 Å². The fourth-order valence-electron chi connectivity index (χ4n) is 0.855. The summed E-state index contributed by atoms with van der Waals surface area (Å²) in [5.41, 5.74) is 0. The number of hydrogen-bond donors (Lipinski definition) is 1. The molecule has 1 rings (SSSR count). The molecule has 56 valence electrons. The quantitative estimate of drug-likeness (QED) is 0.794. The highest BCUT2D eigenvalue weighted by molar-refractivity contribution is 9.10. The first-order valence-corrected chi connectivity index (χ1v) is 3.97. The van der Waals surface area contributed by atoms with E-state index in [2.05, 4.69) is 33.2 Å². The van der Waals surface area contributed by atoms with Crippen LogP contribution in [0.5, 0.6) is 0 Å². The lowest BCUT2D eigenvalue weighted by Crippen LogP contribution is -2.01. The van der Waals surface area contributed by atoms with Crippen LogP contribution >= 0.6 is 15.9 Å². The lowest BCUT2D eigenvalue weighted by molar-refractivity contribution is 0.754. The molecule has 0 saturated carbocycles. The zero-order valence-electron chi connectivity index (χ0n) is 6.06. The summed E-state index contributed by atoms with van der Waals surface area (Å²) in [5.74, 6) is 0.898. The van der Waals surface area contributed by atoms with Crippen molar-refractivity contribution in [1.82, 2.24) is 9.55 Å². The summed E-state index contributed by atoms with van der Waals surface area (Å²) in [6.45, 7) is 3.00. The largest absolute Gasteiger partial charge is 0.359 e. The van der Waals surface area contributed by atoms with E-state index in [9.17, 15) is 0 Å². The van der Waals surface area contributed by atoms with Crippen molar-refractivity contribution in [3.05, 3.63) is 10.8 Å². The Hall–Kier alpha value is -0.510. The molecule has 0 aromatic carbocycles. The molecule has 0 radical (unpaired) electrons. The molecule has 0 fully saturated rings. The van der Waals surface area contributed by atoms with Gasteiger partial charge in [-0.1, -0.05) is 0 Å². The van der Waals surface area contributed by atoms with Crippen molar-refractivity contribution in [1.29, 1.82) is 0 Å². The van der Waals surface area contributed by atoms with Gasteiger partial charge in [-0.05, 0) is 22.9 Å². The molecule has 0 unspecified atom stereocenters. The zero-order valence-corrected chi connectivity index (χ0v) is 7.64. The van der Waals surface area contributed by atoms with Crippen LogP contribution < -0.4 is 5.32 Å². The Balaban J connectivity index is 3.01. The van der Waals surface area contributed by atoms with Crippen LogP contribution in [0, 0.1) is 0 Å². The third kappa shape index (κ3) is 1.16. The van der Waals surface area contributed by atoms with Crippen LogP contribution in [0.2, 0.25) is 0 Å². The Morgan fingerprint density at radius 3 is 2.90 bits per heavy atom. The molecule has 1 aromatic heterocycles. The third-order valence-electron chi connectivity index (χ3n) is 1.35. The van der Waals surface area contributed by atoms with Crippen LogP contribution in [0.15, 0.2) is 10.8 Å². The maximum atomic E-state index is 4.11. The Morgan fingerprint density at radius 2 is 2.50 bits per heavy atom. The molecule has 1 aromatic rings. The smallest absolute Gasteiger partial charge is 0.203 e. The van der Waals surface area contributed by atoms with Gasteiger partial charge in [0.1, 0.15) is 4.60 Å². The second-order valence-corrected chi connectivity index (χ2v) is 2.71. The van der Waals surface area contributed by atoms with Gasteiger partial charge < -0.3 is 9.88 Å². The van der Waals surface area contributed by atoms with Crippen molar-refractivity contribution in [2.75, 3.05) is 12.4 Å². The Morgan fingerprint density at radius 1 is 1.80 bits per heavy atom. The average molecular weight is 204 g/mol. The first kappa shape index (κ1) is 7.60. The minimum Gasteiger partial charge on any atom is -0.359 e. The fraction of sp³-hybridized carbons (Fsp3) is 0.500. The van der Waals surface area contributed by atoms with Gasteiger partial charge in [0.25, 0.3) is 0 Å². The summed E-state index contributed by atoms with van der Waals surface area (Å²) in [6, 6.07) is 0. The maximum absolute atomic E-state index is 4.11. The fourth-order valence-corrected chi connectivity index (χ4v) is 1.38. The van der Waals surface area contributed by atoms with Crippen molar-refractivity contribution in [2.24, 2.45) is 0 Å². The topological polar surface area (TPSA) is 29.9 Å². The van der Waals surface area contributed by atoms with E-state index in [0.29, 0.717) is 0 Å². The van der Waals surface area contributed by atoms with E-state index in [1.54, 1.807) is 6.20 Å². The van der Waals surface area contributed by atoms with E-state index >= 15 is 0 Å². The van der Waals surface area contributed by atoms with Gasteiger partial charge in [0, 0.05) is 13.6 Å². The first-order valence-electron chi connectivity index (χ1n) is 3.18. The highest BCUT2D eigenvalue weighted by atomic mass is 79.9. The monoisotopic (exact) mass is 203 g/mol. The molecular formula is C6H10BrN3. The van der Waals surface area contributed by atoms with Gasteiger partial charge in [-0.2, -0.15) is 0 Å². The molecule has 1 heterocycles. The number of anilines is 1. The van der Waals surface area contributed by atoms with Crippen molar-refractivity contribution in [3.63, 3.8) is 0 Å². The number of halogens is 1. The highest BCUT2D eigenvalue weighted by Crippen LogP contribution is 2.14. The molecule has 1 N–H and O–H groups in total. The van der Waals surface area contributed by atoms with Crippen molar-refractivity contribution >= 4 is 21.9 Å². The number of nitrogens with one attached hydrogen (secondary N) is 1. The lowest BCUT2D eigenvalue weighted by Gasteiger charge is -2.03. The molecule has 0 bridgehead atoms. The normalized spacial score (nSPS) is 9.90. The van der Waals surface area contributed by atoms with Crippen LogP contribution in [0.1, 0.15) is 6.92 Å². The van der Waals surface area contributed by atoms with Gasteiger partial charge in [0.15, 0.2) is 0 Å². The molecule has 0 saturated heterocycles. The van der Waals surface area contributed by atoms with Crippen LogP contribution in [0.3, 0.4) is 0 Å². The van der Waals surface area contributed by atoms with E-state index in [4.69, 9.17) is 0 Å². The molecular weight excluding hydrogens is 194 g/mol. The van der Waals surface area contributed by atoms with Crippen LogP contribution in [0.4, 0.5) is 5.95 Å². The molecule has 0 aliphatic carbocycles. The summed E-state index contributed by atoms with van der Waals surface area (Å²) in [6.07, 6.45) is 1.79. The SMILES string of the molecule is CCn1c(Br)cnc1NC. The predicted molar refractivity (Wildman–Crippen MR) is 45.1 cm³/mol. The van der Waals surface area contributed by atoms with E-state index in [1.807, 2.05) is 11.6 Å². The molecule has 10 heavy (non-hydrogen) atoms. The molecule has 4 heteroatoms. The summed E-state index contributed by atoms with van der Waals surface area (Å²) in [4.78, 5) is 4.11. The number of hydrogen-bond acceptors (Lipinski definition) is 2. The molecule has 0 atom stereocenters. The van der Waals surface area contributed by atoms with Crippen molar-refractivity contribution in [2.45, 2.75) is 13.5 Å². The second-order valence-electron chi connectivity index (χ2n) is 1.90. The van der Waals surface area contributed by atoms with Crippen LogP contribution in [-0.4, -0.2) is 16.6 Å². The minimum absolute atomic E-state index is 0.898. The van der Waals surface area contributed by atoms with Crippen LogP contribution in [-0.2, 0) is 6.54 Å². The maximum Gasteiger partial charge on any atom is 0.203 e. The standard InChI is InChI=1S/C6H10BrN3/c1-3-10-5(7)4-9-6(10)8-2/h4H,3H2,1-2H3,(H,8,9). The zero-order chi connectivity index (χ0) is 7.56. The predicted octanol–water partition coefficient (Wildman–Crippen LogP) is 1.71. The summed E-state index contributed by atoms with van der Waals surface area (Å²) < 4.78 is 3.05. The summed E-state index contributed by atoms with van der Waals surface area (Å²) in [5, 5.41) is 2.99. The van der Waals surface area contributed by atoms with E-state index in [0.717, 1.165) is 17.1 Å². The summed E-state index contributed by atoms with van der Waals surface area (Å²) >= 11 is 3.38. The van der Waals surface area contributed by atoms with Crippen molar-refractivity contribution < 1.29 is 0 Å². The van der Waals surface area contributed by atoms with E-state index in [1.165, 1.54) is 0 Å². The van der Waals surface area contributed by atoms with Gasteiger partial charge in [0.05, 0.1) is 6.20 Å². The Kier molecular flexibility index (Phi) is 2.32. The minimum atomic E-state index is 0.898. The van der Waals surface area contributed by atoms with Gasteiger partial charge in [-0.3, -0.25) is 0 Å². The lowest BCUT2D eigenvalue weighted by atomic mass is 10.7. The molecule has 0 spiro atoms. The van der Waals surface area contributed by atoms with Crippen LogP contribution in [0.25, 0.3) is 0 Å². The Bertz CT molecular complexity index is 219. The first-order chi connectivity index (χ1) is 4.79. The molecule has 0 aliphatic rings. The van der Waals surface area contributed by atoms with Gasteiger partial charge in [-0.15, -0.1) is 0 Å². The summed E-state index contributed by atoms with van der Waals surface area (Å²) in [7, 11) is 1.86. The number of aromatic nitrogens is 2. The number of imidazole rings is 1. The average Bonchev–Trinajstić information content (AvgIpc) is 2.30. The molecule has 3 nitrogen and oxygen atoms in total. The third-order valence-corrected chi connectivity index (χ3v) is 1.98. The second kappa shape index (κ2) is 3.05. The van der Waals surface area contributed by atoms with Gasteiger partial charge in [0.2, 0.25) is 5.95 Å². The molecule has 0 aliphatic heterocycles.